The van der Waals surface area contributed by atoms with E-state index in [9.17, 15) is 9.59 Å². The molecule has 1 aromatic carbocycles. The lowest BCUT2D eigenvalue weighted by molar-refractivity contribution is -0.138. The van der Waals surface area contributed by atoms with Gasteiger partial charge in [0.1, 0.15) is 6.61 Å². The van der Waals surface area contributed by atoms with Crippen LogP contribution in [0.2, 0.25) is 0 Å². The lowest BCUT2D eigenvalue weighted by Crippen LogP contribution is -2.41. The molecule has 0 radical (unpaired) electrons. The van der Waals surface area contributed by atoms with Gasteiger partial charge < -0.3 is 14.5 Å². The van der Waals surface area contributed by atoms with Crippen molar-refractivity contribution in [3.8, 4) is 0 Å². The Hall–Kier alpha value is -2.04. The van der Waals surface area contributed by atoms with Crippen molar-refractivity contribution in [2.24, 2.45) is 5.92 Å². The molecule has 23 heavy (non-hydrogen) atoms. The van der Waals surface area contributed by atoms with E-state index in [-0.39, 0.29) is 17.9 Å². The van der Waals surface area contributed by atoms with Gasteiger partial charge in [0.05, 0.1) is 0 Å². The Morgan fingerprint density at radius 3 is 2.35 bits per heavy atom. The fraction of sp³-hybridized carbons (Fsp3) is 0.556. The first-order chi connectivity index (χ1) is 11.2. The SMILES string of the molecule is O=C(OCc1ccccc1)N1CCCN(C(=O)C2CCC2)CC1. The molecule has 1 aromatic rings. The summed E-state index contributed by atoms with van der Waals surface area (Å²) >= 11 is 0. The number of rotatable bonds is 3. The number of hydrogen-bond donors (Lipinski definition) is 0. The van der Waals surface area contributed by atoms with Crippen molar-refractivity contribution in [1.29, 1.82) is 0 Å². The summed E-state index contributed by atoms with van der Waals surface area (Å²) in [4.78, 5) is 28.2. The maximum absolute atomic E-state index is 12.3. The zero-order chi connectivity index (χ0) is 16.1. The number of carbonyl (C=O) groups excluding carboxylic acids is 2. The summed E-state index contributed by atoms with van der Waals surface area (Å²) in [6.07, 6.45) is 3.75. The van der Waals surface area contributed by atoms with Crippen LogP contribution in [0, 0.1) is 5.92 Å². The van der Waals surface area contributed by atoms with Gasteiger partial charge in [-0.05, 0) is 24.8 Å². The van der Waals surface area contributed by atoms with E-state index < -0.39 is 0 Å². The average Bonchev–Trinajstić information content (AvgIpc) is 2.78. The average molecular weight is 316 g/mol. The Labute approximate surface area is 137 Å². The van der Waals surface area contributed by atoms with E-state index in [2.05, 4.69) is 0 Å². The van der Waals surface area contributed by atoms with Gasteiger partial charge in [0.15, 0.2) is 0 Å². The molecular formula is C18H24N2O3. The topological polar surface area (TPSA) is 49.9 Å². The number of amides is 2. The van der Waals surface area contributed by atoms with E-state index in [4.69, 9.17) is 4.74 Å². The van der Waals surface area contributed by atoms with Crippen molar-refractivity contribution in [3.63, 3.8) is 0 Å². The largest absolute Gasteiger partial charge is 0.445 e. The van der Waals surface area contributed by atoms with Crippen LogP contribution in [-0.2, 0) is 16.1 Å². The first-order valence-corrected chi connectivity index (χ1v) is 8.48. The first-order valence-electron chi connectivity index (χ1n) is 8.48. The fourth-order valence-corrected chi connectivity index (χ4v) is 3.04. The molecule has 2 amide bonds. The third kappa shape index (κ3) is 4.03. The lowest BCUT2D eigenvalue weighted by Gasteiger charge is -2.30. The Morgan fingerprint density at radius 2 is 1.65 bits per heavy atom. The van der Waals surface area contributed by atoms with Crippen LogP contribution in [0.3, 0.4) is 0 Å². The number of benzene rings is 1. The molecule has 1 aliphatic carbocycles. The van der Waals surface area contributed by atoms with Gasteiger partial charge in [0, 0.05) is 32.1 Å². The minimum atomic E-state index is -0.285. The van der Waals surface area contributed by atoms with Gasteiger partial charge in [-0.2, -0.15) is 0 Å². The Morgan fingerprint density at radius 1 is 0.957 bits per heavy atom. The molecule has 1 aliphatic heterocycles. The van der Waals surface area contributed by atoms with Crippen LogP contribution in [0.15, 0.2) is 30.3 Å². The van der Waals surface area contributed by atoms with Gasteiger partial charge in [0.25, 0.3) is 0 Å². The molecule has 0 unspecified atom stereocenters. The summed E-state index contributed by atoms with van der Waals surface area (Å²) in [5.41, 5.74) is 0.984. The minimum absolute atomic E-state index is 0.228. The highest BCUT2D eigenvalue weighted by Crippen LogP contribution is 2.28. The summed E-state index contributed by atoms with van der Waals surface area (Å²) in [6, 6.07) is 9.68. The van der Waals surface area contributed by atoms with Crippen LogP contribution in [-0.4, -0.2) is 48.0 Å². The molecule has 0 bridgehead atoms. The molecule has 5 heteroatoms. The highest BCUT2D eigenvalue weighted by Gasteiger charge is 2.31. The lowest BCUT2D eigenvalue weighted by atomic mass is 9.84. The van der Waals surface area contributed by atoms with Crippen molar-refractivity contribution in [2.45, 2.75) is 32.3 Å². The van der Waals surface area contributed by atoms with Crippen LogP contribution in [0.25, 0.3) is 0 Å². The van der Waals surface area contributed by atoms with Gasteiger partial charge >= 0.3 is 6.09 Å². The molecule has 124 valence electrons. The van der Waals surface area contributed by atoms with E-state index in [1.165, 1.54) is 6.42 Å². The van der Waals surface area contributed by atoms with Gasteiger partial charge in [-0.15, -0.1) is 0 Å². The van der Waals surface area contributed by atoms with Gasteiger partial charge in [0.2, 0.25) is 5.91 Å². The zero-order valence-electron chi connectivity index (χ0n) is 13.4. The molecule has 0 spiro atoms. The van der Waals surface area contributed by atoms with Crippen molar-refractivity contribution in [1.82, 2.24) is 9.80 Å². The summed E-state index contributed by atoms with van der Waals surface area (Å²) in [5, 5.41) is 0. The number of hydrogen-bond acceptors (Lipinski definition) is 3. The normalized spacial score (nSPS) is 19.0. The van der Waals surface area contributed by atoms with Crippen molar-refractivity contribution >= 4 is 12.0 Å². The van der Waals surface area contributed by atoms with Crippen LogP contribution < -0.4 is 0 Å². The minimum Gasteiger partial charge on any atom is -0.445 e. The number of carbonyl (C=O) groups is 2. The summed E-state index contributed by atoms with van der Waals surface area (Å²) < 4.78 is 5.38. The van der Waals surface area contributed by atoms with Crippen LogP contribution in [0.1, 0.15) is 31.2 Å². The maximum Gasteiger partial charge on any atom is 0.410 e. The molecule has 2 fully saturated rings. The fourth-order valence-electron chi connectivity index (χ4n) is 3.04. The molecule has 1 saturated heterocycles. The Bertz CT molecular complexity index is 542. The molecular weight excluding hydrogens is 292 g/mol. The third-order valence-electron chi connectivity index (χ3n) is 4.73. The molecule has 3 rings (SSSR count). The second kappa shape index (κ2) is 7.49. The van der Waals surface area contributed by atoms with Crippen molar-refractivity contribution in [2.75, 3.05) is 26.2 Å². The van der Waals surface area contributed by atoms with Gasteiger partial charge in [-0.3, -0.25) is 4.79 Å². The number of nitrogens with zero attached hydrogens (tertiary/aromatic N) is 2. The maximum atomic E-state index is 12.3. The zero-order valence-corrected chi connectivity index (χ0v) is 13.4. The second-order valence-corrected chi connectivity index (χ2v) is 6.33. The Kier molecular flexibility index (Phi) is 5.16. The summed E-state index contributed by atoms with van der Waals surface area (Å²) in [7, 11) is 0. The molecule has 0 atom stereocenters. The predicted molar refractivity (Wildman–Crippen MR) is 86.7 cm³/mol. The molecule has 0 aromatic heterocycles. The molecule has 0 N–H and O–H groups in total. The first kappa shape index (κ1) is 15.8. The van der Waals surface area contributed by atoms with Crippen molar-refractivity contribution < 1.29 is 14.3 Å². The van der Waals surface area contributed by atoms with Gasteiger partial charge in [-0.1, -0.05) is 36.8 Å². The quantitative estimate of drug-likeness (QED) is 0.861. The second-order valence-electron chi connectivity index (χ2n) is 6.33. The third-order valence-corrected chi connectivity index (χ3v) is 4.73. The molecule has 2 aliphatic rings. The smallest absolute Gasteiger partial charge is 0.410 e. The number of ether oxygens (including phenoxy) is 1. The van der Waals surface area contributed by atoms with E-state index in [1.807, 2.05) is 35.2 Å². The standard InChI is InChI=1S/C18H24N2O3/c21-17(16-8-4-9-16)19-10-5-11-20(13-12-19)18(22)23-14-15-6-2-1-3-7-15/h1-3,6-7,16H,4-5,8-14H2. The van der Waals surface area contributed by atoms with Crippen LogP contribution >= 0.6 is 0 Å². The predicted octanol–water partition coefficient (Wildman–Crippen LogP) is 2.66. The van der Waals surface area contributed by atoms with E-state index >= 15 is 0 Å². The molecule has 1 saturated carbocycles. The Balaban J connectivity index is 1.47. The van der Waals surface area contributed by atoms with Crippen LogP contribution in [0.5, 0.6) is 0 Å². The van der Waals surface area contributed by atoms with E-state index in [1.54, 1.807) is 4.90 Å². The summed E-state index contributed by atoms with van der Waals surface area (Å²) in [6.45, 7) is 2.88. The monoisotopic (exact) mass is 316 g/mol. The highest BCUT2D eigenvalue weighted by atomic mass is 16.6. The van der Waals surface area contributed by atoms with Crippen molar-refractivity contribution in [3.05, 3.63) is 35.9 Å². The molecule has 1 heterocycles. The van der Waals surface area contributed by atoms with Gasteiger partial charge in [-0.25, -0.2) is 4.79 Å². The highest BCUT2D eigenvalue weighted by molar-refractivity contribution is 5.79. The summed E-state index contributed by atoms with van der Waals surface area (Å²) in [5.74, 6) is 0.502. The molecule has 5 nitrogen and oxygen atoms in total. The van der Waals surface area contributed by atoms with E-state index in [0.717, 1.165) is 31.4 Å². The van der Waals surface area contributed by atoms with E-state index in [0.29, 0.717) is 26.2 Å². The van der Waals surface area contributed by atoms with Crippen LogP contribution in [0.4, 0.5) is 4.79 Å².